The predicted octanol–water partition coefficient (Wildman–Crippen LogP) is 4.68. The Morgan fingerprint density at radius 3 is 3.00 bits per heavy atom. The summed E-state index contributed by atoms with van der Waals surface area (Å²) in [4.78, 5) is 19.8. The third kappa shape index (κ3) is 3.99. The summed E-state index contributed by atoms with van der Waals surface area (Å²) in [5.74, 6) is -0.139. The van der Waals surface area contributed by atoms with E-state index in [-0.39, 0.29) is 10.8 Å². The minimum atomic E-state index is -0.346. The second kappa shape index (κ2) is 7.33. The minimum absolute atomic E-state index is 0.139. The Bertz CT molecular complexity index is 988. The Morgan fingerprint density at radius 2 is 2.19 bits per heavy atom. The van der Waals surface area contributed by atoms with Crippen molar-refractivity contribution in [2.24, 2.45) is 0 Å². The summed E-state index contributed by atoms with van der Waals surface area (Å²) in [6.45, 7) is 2.57. The predicted molar refractivity (Wildman–Crippen MR) is 111 cm³/mol. The fourth-order valence-electron chi connectivity index (χ4n) is 3.25. The first-order valence-corrected chi connectivity index (χ1v) is 10.1. The number of thiazole rings is 1. The number of H-pyrrole nitrogens is 1. The van der Waals surface area contributed by atoms with Gasteiger partial charge >= 0.3 is 0 Å². The van der Waals surface area contributed by atoms with E-state index < -0.39 is 0 Å². The molecule has 1 unspecified atom stereocenters. The maximum absolute atomic E-state index is 12.4. The van der Waals surface area contributed by atoms with E-state index in [1.807, 2.05) is 55.6 Å². The van der Waals surface area contributed by atoms with E-state index in [2.05, 4.69) is 15.3 Å². The van der Waals surface area contributed by atoms with Gasteiger partial charge in [0.1, 0.15) is 10.7 Å². The second-order valence-electron chi connectivity index (χ2n) is 6.90. The number of hydrogen-bond acceptors (Lipinski definition) is 3. The maximum Gasteiger partial charge on any atom is 0.270 e. The molecule has 1 atom stereocenters. The first kappa shape index (κ1) is 18.0. The molecule has 0 aliphatic heterocycles. The van der Waals surface area contributed by atoms with Crippen molar-refractivity contribution < 1.29 is 4.79 Å². The zero-order valence-electron chi connectivity index (χ0n) is 15.0. The molecule has 2 heterocycles. The summed E-state index contributed by atoms with van der Waals surface area (Å²) in [5, 5.41) is 5.63. The van der Waals surface area contributed by atoms with Crippen LogP contribution in [0.15, 0.2) is 48.0 Å². The zero-order chi connectivity index (χ0) is 18.9. The normalized spacial score (nSPS) is 18.3. The van der Waals surface area contributed by atoms with Crippen LogP contribution in [0.1, 0.15) is 34.2 Å². The third-order valence-corrected chi connectivity index (χ3v) is 5.82. The number of hydrogen-bond donors (Lipinski definition) is 2. The highest BCUT2D eigenvalue weighted by Gasteiger charge is 2.25. The number of carbonyl (C=O) groups is 1. The van der Waals surface area contributed by atoms with E-state index in [0.717, 1.165) is 29.1 Å². The molecule has 3 aromatic rings. The number of rotatable bonds is 5. The van der Waals surface area contributed by atoms with Crippen LogP contribution in [0.3, 0.4) is 0 Å². The maximum atomic E-state index is 12.4. The number of alkyl halides is 1. The SMILES string of the molecule is CC1(Cl)C=Cc2[nH]cc(CCNC(=O)c3csc(-c4ccccc4)n3)c2C1. The van der Waals surface area contributed by atoms with Gasteiger partial charge in [-0.2, -0.15) is 0 Å². The van der Waals surface area contributed by atoms with Gasteiger partial charge in [-0.15, -0.1) is 22.9 Å². The molecule has 138 valence electrons. The van der Waals surface area contributed by atoms with Gasteiger partial charge in [0, 0.05) is 29.4 Å². The molecule has 2 N–H and O–H groups in total. The van der Waals surface area contributed by atoms with Crippen molar-refractivity contribution in [2.75, 3.05) is 6.54 Å². The van der Waals surface area contributed by atoms with Crippen molar-refractivity contribution in [3.05, 3.63) is 70.5 Å². The lowest BCUT2D eigenvalue weighted by Crippen LogP contribution is -2.26. The van der Waals surface area contributed by atoms with Gasteiger partial charge in [0.2, 0.25) is 0 Å². The molecule has 6 heteroatoms. The number of aromatic nitrogens is 2. The number of fused-ring (bicyclic) bond motifs is 1. The smallest absolute Gasteiger partial charge is 0.270 e. The average Bonchev–Trinajstić information content (AvgIpc) is 3.29. The standard InChI is InChI=1S/C21H20ClN3OS/c1-21(22)9-7-17-16(11-21)15(12-24-17)8-10-23-19(26)18-13-27-20(25-18)14-5-3-2-4-6-14/h2-7,9,12-13,24H,8,10-11H2,1H3,(H,23,26). The fraction of sp³-hybridized carbons (Fsp3) is 0.238. The highest BCUT2D eigenvalue weighted by molar-refractivity contribution is 7.13. The monoisotopic (exact) mass is 397 g/mol. The van der Waals surface area contributed by atoms with Crippen LogP contribution in [0.2, 0.25) is 0 Å². The van der Waals surface area contributed by atoms with Crippen LogP contribution in [0.4, 0.5) is 0 Å². The lowest BCUT2D eigenvalue weighted by molar-refractivity contribution is 0.0950. The number of benzene rings is 1. The molecule has 0 spiro atoms. The van der Waals surface area contributed by atoms with Crippen LogP contribution < -0.4 is 5.32 Å². The molecule has 0 saturated carbocycles. The van der Waals surface area contributed by atoms with E-state index in [9.17, 15) is 4.79 Å². The zero-order valence-corrected chi connectivity index (χ0v) is 16.5. The van der Waals surface area contributed by atoms with Gasteiger partial charge < -0.3 is 10.3 Å². The highest BCUT2D eigenvalue weighted by Crippen LogP contribution is 2.32. The summed E-state index contributed by atoms with van der Waals surface area (Å²) < 4.78 is 0. The summed E-state index contributed by atoms with van der Waals surface area (Å²) in [5.41, 5.74) is 5.04. The number of nitrogens with one attached hydrogen (secondary N) is 2. The number of allylic oxidation sites excluding steroid dienone is 1. The first-order chi connectivity index (χ1) is 13.0. The van der Waals surface area contributed by atoms with Gasteiger partial charge in [-0.05, 0) is 37.0 Å². The number of nitrogens with zero attached hydrogens (tertiary/aromatic N) is 1. The van der Waals surface area contributed by atoms with Crippen molar-refractivity contribution in [1.82, 2.24) is 15.3 Å². The molecule has 2 aromatic heterocycles. The molecular formula is C21H20ClN3OS. The minimum Gasteiger partial charge on any atom is -0.361 e. The van der Waals surface area contributed by atoms with E-state index in [1.165, 1.54) is 22.5 Å². The molecule has 1 aromatic carbocycles. The Hall–Kier alpha value is -2.37. The highest BCUT2D eigenvalue weighted by atomic mass is 35.5. The Kier molecular flexibility index (Phi) is 4.89. The van der Waals surface area contributed by atoms with Gasteiger partial charge in [0.15, 0.2) is 0 Å². The van der Waals surface area contributed by atoms with Crippen LogP contribution in [-0.4, -0.2) is 27.3 Å². The average molecular weight is 398 g/mol. The topological polar surface area (TPSA) is 57.8 Å². The molecule has 4 nitrogen and oxygen atoms in total. The number of halogens is 1. The van der Waals surface area contributed by atoms with E-state index in [0.29, 0.717) is 12.2 Å². The summed E-state index contributed by atoms with van der Waals surface area (Å²) in [7, 11) is 0. The Morgan fingerprint density at radius 1 is 1.37 bits per heavy atom. The molecular weight excluding hydrogens is 378 g/mol. The Labute approximate surface area is 167 Å². The summed E-state index contributed by atoms with van der Waals surface area (Å²) >= 11 is 7.95. The molecule has 1 aliphatic rings. The number of amides is 1. The van der Waals surface area contributed by atoms with Crippen molar-refractivity contribution in [3.63, 3.8) is 0 Å². The second-order valence-corrected chi connectivity index (χ2v) is 8.63. The van der Waals surface area contributed by atoms with E-state index in [1.54, 1.807) is 5.38 Å². The van der Waals surface area contributed by atoms with E-state index in [4.69, 9.17) is 11.6 Å². The molecule has 0 fully saturated rings. The van der Waals surface area contributed by atoms with Crippen LogP contribution in [0, 0.1) is 0 Å². The molecule has 0 bridgehead atoms. The lowest BCUT2D eigenvalue weighted by atomic mass is 9.91. The van der Waals surface area contributed by atoms with Crippen LogP contribution >= 0.6 is 22.9 Å². The van der Waals surface area contributed by atoms with Gasteiger partial charge in [0.25, 0.3) is 5.91 Å². The van der Waals surface area contributed by atoms with Crippen molar-refractivity contribution in [2.45, 2.75) is 24.6 Å². The molecule has 1 amide bonds. The molecule has 4 rings (SSSR count). The third-order valence-electron chi connectivity index (χ3n) is 4.67. The van der Waals surface area contributed by atoms with Crippen molar-refractivity contribution >= 4 is 34.9 Å². The van der Waals surface area contributed by atoms with Crippen LogP contribution in [0.25, 0.3) is 16.6 Å². The molecule has 0 radical (unpaired) electrons. The lowest BCUT2D eigenvalue weighted by Gasteiger charge is -2.22. The first-order valence-electron chi connectivity index (χ1n) is 8.88. The van der Waals surface area contributed by atoms with Gasteiger partial charge in [-0.25, -0.2) is 4.98 Å². The van der Waals surface area contributed by atoms with Crippen molar-refractivity contribution in [1.29, 1.82) is 0 Å². The summed E-state index contributed by atoms with van der Waals surface area (Å²) in [6, 6.07) is 9.89. The van der Waals surface area contributed by atoms with Gasteiger partial charge in [-0.1, -0.05) is 36.4 Å². The summed E-state index contributed by atoms with van der Waals surface area (Å²) in [6.07, 6.45) is 7.61. The number of aromatic amines is 1. The molecule has 1 aliphatic carbocycles. The number of carbonyl (C=O) groups excluding carboxylic acids is 1. The van der Waals surface area contributed by atoms with Gasteiger partial charge in [-0.3, -0.25) is 4.79 Å². The fourth-order valence-corrected chi connectivity index (χ4v) is 4.25. The van der Waals surface area contributed by atoms with Crippen LogP contribution in [-0.2, 0) is 12.8 Å². The van der Waals surface area contributed by atoms with Gasteiger partial charge in [0.05, 0.1) is 4.87 Å². The quantitative estimate of drug-likeness (QED) is 0.614. The molecule has 27 heavy (non-hydrogen) atoms. The largest absolute Gasteiger partial charge is 0.361 e. The van der Waals surface area contributed by atoms with Crippen molar-refractivity contribution in [3.8, 4) is 10.6 Å². The Balaban J connectivity index is 1.37. The van der Waals surface area contributed by atoms with Crippen LogP contribution in [0.5, 0.6) is 0 Å². The van der Waals surface area contributed by atoms with E-state index >= 15 is 0 Å². The molecule has 0 saturated heterocycles.